The van der Waals surface area contributed by atoms with Crippen molar-refractivity contribution in [3.05, 3.63) is 53.9 Å². The van der Waals surface area contributed by atoms with Gasteiger partial charge in [-0.05, 0) is 41.3 Å². The van der Waals surface area contributed by atoms with Gasteiger partial charge >= 0.3 is 5.97 Å². The Kier molecular flexibility index (Phi) is 6.34. The van der Waals surface area contributed by atoms with Crippen LogP contribution in [0.15, 0.2) is 58.1 Å². The lowest BCUT2D eigenvalue weighted by molar-refractivity contribution is -0.140. The van der Waals surface area contributed by atoms with E-state index < -0.39 is 10.3 Å². The summed E-state index contributed by atoms with van der Waals surface area (Å²) in [5, 5.41) is 2.93. The first kappa shape index (κ1) is 21.8. The molecular weight excluding hydrogens is 448 g/mol. The molecule has 0 saturated heterocycles. The van der Waals surface area contributed by atoms with Crippen LogP contribution in [0.3, 0.4) is 0 Å². The van der Waals surface area contributed by atoms with E-state index in [0.717, 1.165) is 36.1 Å². The number of anilines is 1. The van der Waals surface area contributed by atoms with E-state index in [1.165, 1.54) is 18.3 Å². The van der Waals surface area contributed by atoms with Gasteiger partial charge in [-0.3, -0.25) is 4.79 Å². The quantitative estimate of drug-likeness (QED) is 0.237. The molecule has 3 heterocycles. The molecule has 0 fully saturated rings. The largest absolute Gasteiger partial charge is 0.466 e. The fourth-order valence-electron chi connectivity index (χ4n) is 3.47. The van der Waals surface area contributed by atoms with Crippen LogP contribution < -0.4 is 5.73 Å². The highest BCUT2D eigenvalue weighted by atomic mass is 32.3. The van der Waals surface area contributed by atoms with Crippen molar-refractivity contribution in [2.75, 3.05) is 24.3 Å². The average molecular weight is 473 g/mol. The predicted octanol–water partition coefficient (Wildman–Crippen LogP) is 6.49. The molecule has 0 radical (unpaired) electrons. The molecule has 0 saturated carbocycles. The van der Waals surface area contributed by atoms with Crippen molar-refractivity contribution >= 4 is 54.9 Å². The molecule has 0 aliphatic rings. The number of nitrogens with zero attached hydrogens (tertiary/aromatic N) is 1. The summed E-state index contributed by atoms with van der Waals surface area (Å²) in [5.74, 6) is 0.198. The lowest BCUT2D eigenvalue weighted by Gasteiger charge is -2.28. The molecule has 1 aromatic carbocycles. The van der Waals surface area contributed by atoms with Crippen molar-refractivity contribution in [1.29, 1.82) is 0 Å². The molecule has 0 aliphatic heterocycles. The van der Waals surface area contributed by atoms with Crippen molar-refractivity contribution in [2.24, 2.45) is 0 Å². The molecule has 0 bridgehead atoms. The van der Waals surface area contributed by atoms with Crippen molar-refractivity contribution in [1.82, 2.24) is 4.98 Å². The van der Waals surface area contributed by atoms with E-state index in [4.69, 9.17) is 15.5 Å². The minimum atomic E-state index is -2.15. The average Bonchev–Trinajstić information content (AvgIpc) is 3.40. The normalized spacial score (nSPS) is 14.3. The molecule has 0 aliphatic carbocycles. The summed E-state index contributed by atoms with van der Waals surface area (Å²) in [4.78, 5) is 17.8. The number of thiophene rings is 2. The van der Waals surface area contributed by atoms with Crippen LogP contribution in [0, 0.1) is 0 Å². The highest BCUT2D eigenvalue weighted by Gasteiger charge is 2.27. The summed E-state index contributed by atoms with van der Waals surface area (Å²) in [6.07, 6.45) is 2.42. The van der Waals surface area contributed by atoms with E-state index in [0.29, 0.717) is 24.5 Å². The number of carbonyl (C=O) groups excluding carboxylic acids is 1. The van der Waals surface area contributed by atoms with E-state index in [1.54, 1.807) is 11.3 Å². The topological polar surface area (TPSA) is 85.4 Å². The van der Waals surface area contributed by atoms with Gasteiger partial charge in [0.15, 0.2) is 0 Å². The second-order valence-corrected chi connectivity index (χ2v) is 12.4. The maximum absolute atomic E-state index is 11.3. The van der Waals surface area contributed by atoms with Crippen LogP contribution in [0.1, 0.15) is 13.3 Å². The Balaban J connectivity index is 1.81. The summed E-state index contributed by atoms with van der Waals surface area (Å²) in [6.45, 7) is 1.68. The maximum Gasteiger partial charge on any atom is 0.302 e. The number of nitrogens with two attached hydrogens (primary N) is 1. The third kappa shape index (κ3) is 4.62. The molecule has 3 aromatic heterocycles. The Morgan fingerprint density at radius 3 is 2.68 bits per heavy atom. The number of hydrogen-bond donors (Lipinski definition) is 2. The van der Waals surface area contributed by atoms with E-state index in [1.807, 2.05) is 35.9 Å². The highest BCUT2D eigenvalue weighted by molar-refractivity contribution is 8.29. The first-order valence-corrected chi connectivity index (χ1v) is 13.7. The van der Waals surface area contributed by atoms with Crippen molar-refractivity contribution in [2.45, 2.75) is 17.6 Å². The van der Waals surface area contributed by atoms with Gasteiger partial charge in [0.1, 0.15) is 4.83 Å². The number of nitrogen functional groups attached to an aromatic ring is 1. The first-order chi connectivity index (χ1) is 14.9. The van der Waals surface area contributed by atoms with Gasteiger partial charge in [-0.1, -0.05) is 36.4 Å². The number of fused-ring (bicyclic) bond motifs is 1. The summed E-state index contributed by atoms with van der Waals surface area (Å²) in [5.41, 5.74) is 10.2. The maximum atomic E-state index is 11.3. The van der Waals surface area contributed by atoms with E-state index in [9.17, 15) is 9.35 Å². The van der Waals surface area contributed by atoms with Gasteiger partial charge in [-0.2, -0.15) is 0 Å². The Morgan fingerprint density at radius 2 is 2.00 bits per heavy atom. The number of esters is 1. The van der Waals surface area contributed by atoms with Gasteiger partial charge in [-0.25, -0.2) is 4.98 Å². The molecule has 3 N–H and O–H groups in total. The zero-order valence-corrected chi connectivity index (χ0v) is 19.8. The Morgan fingerprint density at radius 1 is 1.23 bits per heavy atom. The Bertz CT molecular complexity index is 1200. The smallest absolute Gasteiger partial charge is 0.302 e. The Hall–Kier alpha value is -2.39. The zero-order valence-electron chi connectivity index (χ0n) is 17.3. The predicted molar refractivity (Wildman–Crippen MR) is 133 cm³/mol. The molecule has 5 nitrogen and oxygen atoms in total. The van der Waals surface area contributed by atoms with Crippen LogP contribution in [-0.4, -0.2) is 34.1 Å². The van der Waals surface area contributed by atoms with Crippen LogP contribution in [0.25, 0.3) is 31.9 Å². The van der Waals surface area contributed by atoms with Crippen LogP contribution in [-0.2, 0) is 9.53 Å². The second-order valence-electron chi connectivity index (χ2n) is 7.32. The van der Waals surface area contributed by atoms with Gasteiger partial charge in [-0.15, -0.1) is 33.0 Å². The van der Waals surface area contributed by atoms with E-state index in [2.05, 4.69) is 24.3 Å². The Labute approximate surface area is 191 Å². The molecule has 31 heavy (non-hydrogen) atoms. The van der Waals surface area contributed by atoms with Crippen molar-refractivity contribution in [3.63, 3.8) is 0 Å². The minimum absolute atomic E-state index is 0.291. The standard InChI is InChI=1S/C23H24N2O3S3/c1-15(26)28-11-7-13-31(2,27)23-21(24)20-17(16-8-4-3-5-9-16)14-18(25-22(20)30-23)19-10-6-12-29-19/h3-6,8-10,12,14,27H,7,11,13,24H2,1-2H3. The number of ether oxygens (including phenoxy) is 1. The number of pyridine rings is 1. The van der Waals surface area contributed by atoms with E-state index >= 15 is 0 Å². The second kappa shape index (κ2) is 9.00. The van der Waals surface area contributed by atoms with Crippen LogP contribution >= 0.6 is 33.0 Å². The summed E-state index contributed by atoms with van der Waals surface area (Å²) >= 11 is 3.11. The van der Waals surface area contributed by atoms with E-state index in [-0.39, 0.29) is 5.97 Å². The minimum Gasteiger partial charge on any atom is -0.466 e. The van der Waals surface area contributed by atoms with Gasteiger partial charge in [0, 0.05) is 18.1 Å². The fourth-order valence-corrected chi connectivity index (χ4v) is 7.66. The van der Waals surface area contributed by atoms with Crippen molar-refractivity contribution in [3.8, 4) is 21.7 Å². The molecule has 1 atom stereocenters. The monoisotopic (exact) mass is 472 g/mol. The molecule has 162 valence electrons. The molecular formula is C23H24N2O3S3. The molecule has 0 spiro atoms. The highest BCUT2D eigenvalue weighted by Crippen LogP contribution is 2.58. The summed E-state index contributed by atoms with van der Waals surface area (Å²) in [7, 11) is -2.15. The third-order valence-corrected chi connectivity index (χ3v) is 10.1. The number of rotatable bonds is 7. The zero-order chi connectivity index (χ0) is 22.0. The molecule has 4 aromatic rings. The molecule has 0 amide bonds. The van der Waals surface area contributed by atoms with Crippen molar-refractivity contribution < 1.29 is 14.1 Å². The number of aromatic nitrogens is 1. The lowest BCUT2D eigenvalue weighted by atomic mass is 10.0. The molecule has 1 unspecified atom stereocenters. The summed E-state index contributed by atoms with van der Waals surface area (Å²) < 4.78 is 17.1. The first-order valence-electron chi connectivity index (χ1n) is 9.81. The number of carbonyl (C=O) groups is 1. The SMILES string of the molecule is CC(=O)OCCCS(C)(O)c1sc2nc(-c3cccs3)cc(-c3ccccc3)c2c1N. The van der Waals surface area contributed by atoms with Gasteiger partial charge < -0.3 is 15.0 Å². The summed E-state index contributed by atoms with van der Waals surface area (Å²) in [6, 6.07) is 16.3. The lowest BCUT2D eigenvalue weighted by Crippen LogP contribution is -2.08. The van der Waals surface area contributed by atoms with Gasteiger partial charge in [0.2, 0.25) is 0 Å². The molecule has 8 heteroatoms. The number of hydrogen-bond acceptors (Lipinski definition) is 7. The number of benzene rings is 1. The van der Waals surface area contributed by atoms with Gasteiger partial charge in [0.25, 0.3) is 0 Å². The van der Waals surface area contributed by atoms with Crippen LogP contribution in [0.5, 0.6) is 0 Å². The third-order valence-electron chi connectivity index (χ3n) is 4.91. The van der Waals surface area contributed by atoms with Crippen LogP contribution in [0.2, 0.25) is 0 Å². The van der Waals surface area contributed by atoms with Crippen LogP contribution in [0.4, 0.5) is 5.69 Å². The van der Waals surface area contributed by atoms with Gasteiger partial charge in [0.05, 0.1) is 27.1 Å². The fraction of sp³-hybridized carbons (Fsp3) is 0.217. The molecule has 4 rings (SSSR count).